The molecule has 6 aromatic rings. The van der Waals surface area contributed by atoms with E-state index in [1.807, 2.05) is 43.5 Å². The molecular formula is C49H58Cl2N10O4. The number of nitrogen functional groups attached to an aromatic ring is 1. The number of aromatic nitrogens is 5. The molecule has 7 N–H and O–H groups in total. The van der Waals surface area contributed by atoms with Crippen LogP contribution in [0, 0.1) is 0 Å². The summed E-state index contributed by atoms with van der Waals surface area (Å²) in [6.07, 6.45) is 15.4. The lowest BCUT2D eigenvalue weighted by atomic mass is 9.92. The highest BCUT2D eigenvalue weighted by Crippen LogP contribution is 2.42. The number of pyridine rings is 2. The Bertz CT molecular complexity index is 2610. The molecule has 0 fully saturated rings. The number of amides is 3. The van der Waals surface area contributed by atoms with Gasteiger partial charge in [-0.25, -0.2) is 4.98 Å². The third kappa shape index (κ3) is 11.8. The predicted octanol–water partition coefficient (Wildman–Crippen LogP) is 8.47. The number of nitrogens with zero attached hydrogens (tertiary/aromatic N) is 5. The highest BCUT2D eigenvalue weighted by Gasteiger charge is 2.25. The summed E-state index contributed by atoms with van der Waals surface area (Å²) in [5, 5.41) is 25.2. The van der Waals surface area contributed by atoms with Crippen LogP contribution in [-0.2, 0) is 35.5 Å². The van der Waals surface area contributed by atoms with Crippen LogP contribution in [0.25, 0.3) is 44.4 Å². The van der Waals surface area contributed by atoms with Crippen LogP contribution in [0.4, 0.5) is 5.82 Å². The number of H-pyrrole nitrogens is 1. The van der Waals surface area contributed by atoms with Crippen molar-refractivity contribution >= 4 is 57.6 Å². The van der Waals surface area contributed by atoms with E-state index in [1.54, 1.807) is 35.3 Å². The van der Waals surface area contributed by atoms with Gasteiger partial charge in [0.15, 0.2) is 0 Å². The largest absolute Gasteiger partial charge is 0.508 e. The highest BCUT2D eigenvalue weighted by atomic mass is 35.5. The minimum Gasteiger partial charge on any atom is -0.508 e. The van der Waals surface area contributed by atoms with Crippen molar-refractivity contribution in [2.24, 2.45) is 0 Å². The van der Waals surface area contributed by atoms with E-state index in [0.717, 1.165) is 121 Å². The molecule has 1 aliphatic rings. The fraction of sp³-hybridized carbons (Fsp3) is 0.388. The first-order valence-electron chi connectivity index (χ1n) is 22.6. The van der Waals surface area contributed by atoms with Crippen molar-refractivity contribution < 1.29 is 19.5 Å². The molecule has 3 amide bonds. The highest BCUT2D eigenvalue weighted by molar-refractivity contribution is 6.45. The van der Waals surface area contributed by atoms with E-state index in [1.165, 1.54) is 11.3 Å². The van der Waals surface area contributed by atoms with Gasteiger partial charge in [0.1, 0.15) is 23.8 Å². The maximum absolute atomic E-state index is 12.8. The molecule has 0 saturated carbocycles. The predicted molar refractivity (Wildman–Crippen MR) is 258 cm³/mol. The van der Waals surface area contributed by atoms with Gasteiger partial charge in [-0.1, -0.05) is 86.8 Å². The third-order valence-corrected chi connectivity index (χ3v) is 12.8. The van der Waals surface area contributed by atoms with Crippen LogP contribution in [0.2, 0.25) is 10.0 Å². The molecule has 0 bridgehead atoms. The van der Waals surface area contributed by atoms with Crippen molar-refractivity contribution in [2.45, 2.75) is 90.6 Å². The van der Waals surface area contributed by atoms with Crippen LogP contribution >= 0.6 is 23.2 Å². The Kier molecular flexibility index (Phi) is 16.1. The van der Waals surface area contributed by atoms with Crippen molar-refractivity contribution in [1.82, 2.24) is 45.6 Å². The first-order valence-corrected chi connectivity index (χ1v) is 23.3. The summed E-state index contributed by atoms with van der Waals surface area (Å²) < 4.78 is 1.66. The molecular weight excluding hydrogens is 864 g/mol. The molecule has 0 radical (unpaired) electrons. The molecule has 65 heavy (non-hydrogen) atoms. The normalized spacial score (nSPS) is 12.6. The van der Waals surface area contributed by atoms with Crippen LogP contribution in [0.15, 0.2) is 67.1 Å². The Morgan fingerprint density at radius 1 is 0.831 bits per heavy atom. The number of fused-ring (bicyclic) bond motifs is 3. The number of hydrogen-bond donors (Lipinski definition) is 6. The number of anilines is 1. The molecule has 0 unspecified atom stereocenters. The number of phenolic OH excluding ortho intramolecular Hbond substituents is 1. The first kappa shape index (κ1) is 47.0. The summed E-state index contributed by atoms with van der Waals surface area (Å²) in [6, 6.07) is 14.1. The van der Waals surface area contributed by atoms with Crippen LogP contribution in [0.5, 0.6) is 5.75 Å². The van der Waals surface area contributed by atoms with Gasteiger partial charge >= 0.3 is 0 Å². The number of hydrogen-bond acceptors (Lipinski definition) is 9. The monoisotopic (exact) mass is 920 g/mol. The van der Waals surface area contributed by atoms with Gasteiger partial charge in [-0.3, -0.25) is 24.0 Å². The Morgan fingerprint density at radius 3 is 2.28 bits per heavy atom. The standard InChI is InChI=1S/C49H58Cl2N10O4/c1-3-34-36(28-57-48(52)44(34)31-13-16-33(62)17-14-31)32-15-18-41(56-27-32)49(65)55-23-22-54-42(63)12-10-8-6-4-5-7-9-11-21-53-43(64)30-61-25-20-40(59-61)35-26-38(50)46(51)47-45(35)37-29-60(2)24-19-39(37)58-47/h13-18,20,25-28,58,62H,3-12,19,21-24,29-30H2,1-2H3,(H2,52,57)(H,53,64)(H,54,63)(H,55,65). The molecule has 0 saturated heterocycles. The zero-order valence-corrected chi connectivity index (χ0v) is 38.6. The second-order valence-electron chi connectivity index (χ2n) is 16.7. The van der Waals surface area contributed by atoms with Crippen molar-refractivity contribution in [3.05, 3.63) is 99.7 Å². The Balaban J connectivity index is 0.720. The topological polar surface area (TPSA) is 196 Å². The van der Waals surface area contributed by atoms with E-state index >= 15 is 0 Å². The average Bonchev–Trinajstić information content (AvgIpc) is 3.93. The first-order chi connectivity index (χ1) is 31.5. The SMILES string of the molecule is CCc1c(-c2ccc(C(=O)NCCNC(=O)CCCCCCCCCCNC(=O)Cn3ccc(-c4cc(Cl)c(Cl)c5[nH]c6c(c45)CN(C)CC6)n3)nc2)cnc(N)c1-c1ccc(O)cc1. The molecule has 5 heterocycles. The van der Waals surface area contributed by atoms with Crippen LogP contribution < -0.4 is 21.7 Å². The second-order valence-corrected chi connectivity index (χ2v) is 17.5. The number of unbranched alkanes of at least 4 members (excludes halogenated alkanes) is 7. The third-order valence-electron chi connectivity index (χ3n) is 12.0. The van der Waals surface area contributed by atoms with Crippen molar-refractivity contribution in [3.8, 4) is 39.3 Å². The number of phenols is 1. The van der Waals surface area contributed by atoms with E-state index in [2.05, 4.69) is 42.8 Å². The van der Waals surface area contributed by atoms with E-state index < -0.39 is 0 Å². The zero-order valence-electron chi connectivity index (χ0n) is 37.1. The lowest BCUT2D eigenvalue weighted by molar-refractivity contribution is -0.122. The maximum atomic E-state index is 12.8. The summed E-state index contributed by atoms with van der Waals surface area (Å²) in [4.78, 5) is 52.5. The fourth-order valence-electron chi connectivity index (χ4n) is 8.55. The fourth-order valence-corrected chi connectivity index (χ4v) is 8.95. The van der Waals surface area contributed by atoms with E-state index in [4.69, 9.17) is 34.0 Å². The van der Waals surface area contributed by atoms with Gasteiger partial charge in [0, 0.05) is 97.5 Å². The molecule has 0 spiro atoms. The summed E-state index contributed by atoms with van der Waals surface area (Å²) in [5.41, 5.74) is 15.8. The molecule has 0 aliphatic carbocycles. The van der Waals surface area contributed by atoms with Gasteiger partial charge in [0.25, 0.3) is 5.91 Å². The van der Waals surface area contributed by atoms with Gasteiger partial charge in [-0.05, 0) is 73.3 Å². The van der Waals surface area contributed by atoms with Gasteiger partial charge < -0.3 is 36.7 Å². The second kappa shape index (κ2) is 22.3. The minimum atomic E-state index is -0.321. The molecule has 14 nitrogen and oxygen atoms in total. The average molecular weight is 922 g/mol. The lowest BCUT2D eigenvalue weighted by Crippen LogP contribution is -2.34. The molecule has 0 atom stereocenters. The van der Waals surface area contributed by atoms with E-state index in [0.29, 0.717) is 48.3 Å². The van der Waals surface area contributed by atoms with Crippen LogP contribution in [0.1, 0.15) is 92.0 Å². The number of halogens is 2. The molecule has 2 aromatic carbocycles. The minimum absolute atomic E-state index is 0.0247. The number of benzene rings is 2. The molecule has 1 aliphatic heterocycles. The maximum Gasteiger partial charge on any atom is 0.269 e. The smallest absolute Gasteiger partial charge is 0.269 e. The van der Waals surface area contributed by atoms with E-state index in [9.17, 15) is 19.5 Å². The molecule has 7 rings (SSSR count). The summed E-state index contributed by atoms with van der Waals surface area (Å²) in [5.74, 6) is 0.152. The Hall–Kier alpha value is -5.96. The van der Waals surface area contributed by atoms with Crippen LogP contribution in [0.3, 0.4) is 0 Å². The quantitative estimate of drug-likeness (QED) is 0.0384. The number of carbonyl (C=O) groups excluding carboxylic acids is 3. The number of nitrogens with one attached hydrogen (secondary N) is 4. The van der Waals surface area contributed by atoms with Crippen molar-refractivity contribution in [2.75, 3.05) is 39.0 Å². The number of aromatic amines is 1. The van der Waals surface area contributed by atoms with Gasteiger partial charge in [0.05, 0.1) is 21.3 Å². The zero-order chi connectivity index (χ0) is 45.9. The number of likely N-dealkylation sites (N-methyl/N-ethyl adjacent to an activating group) is 1. The van der Waals surface area contributed by atoms with Crippen LogP contribution in [-0.4, -0.2) is 85.7 Å². The number of carbonyl (C=O) groups is 3. The molecule has 342 valence electrons. The lowest BCUT2D eigenvalue weighted by Gasteiger charge is -2.22. The Labute approximate surface area is 389 Å². The molecule has 16 heteroatoms. The summed E-state index contributed by atoms with van der Waals surface area (Å²) in [7, 11) is 2.11. The summed E-state index contributed by atoms with van der Waals surface area (Å²) >= 11 is 13.2. The number of nitrogens with two attached hydrogens (primary N) is 1. The molecule has 4 aromatic heterocycles. The number of aromatic hydroxyl groups is 1. The van der Waals surface area contributed by atoms with Gasteiger partial charge in [-0.15, -0.1) is 0 Å². The number of rotatable bonds is 21. The van der Waals surface area contributed by atoms with Gasteiger partial charge in [-0.2, -0.15) is 5.10 Å². The summed E-state index contributed by atoms with van der Waals surface area (Å²) in [6.45, 7) is 5.21. The van der Waals surface area contributed by atoms with Crippen molar-refractivity contribution in [1.29, 1.82) is 0 Å². The van der Waals surface area contributed by atoms with E-state index in [-0.39, 0.29) is 35.7 Å². The van der Waals surface area contributed by atoms with Crippen molar-refractivity contribution in [3.63, 3.8) is 0 Å². The van der Waals surface area contributed by atoms with Gasteiger partial charge in [0.2, 0.25) is 11.8 Å². The Morgan fingerprint density at radius 2 is 1.54 bits per heavy atom.